The number of guanidine groups is 1. The maximum atomic E-state index is 10.6. The second-order valence-electron chi connectivity index (χ2n) is 2.30. The average Bonchev–Trinajstić information content (AvgIpc) is 1.86. The molecule has 0 heterocycles. The summed E-state index contributed by atoms with van der Waals surface area (Å²) in [5, 5.41) is 9.32. The quantitative estimate of drug-likeness (QED) is 0.315. The highest BCUT2D eigenvalue weighted by Crippen LogP contribution is 1.94. The van der Waals surface area contributed by atoms with Crippen molar-refractivity contribution in [3.8, 4) is 0 Å². The van der Waals surface area contributed by atoms with E-state index in [2.05, 4.69) is 5.32 Å². The highest BCUT2D eigenvalue weighted by atomic mass is 16.1. The molecule has 0 aromatic heterocycles. The number of carbonyl (C=O) groups excluding carboxylic acids is 1. The fourth-order valence-corrected chi connectivity index (χ4v) is 0.762. The Labute approximate surface area is 65.6 Å². The summed E-state index contributed by atoms with van der Waals surface area (Å²) in [5.74, 6) is -0.690. The Hall–Kier alpha value is -1.26. The Morgan fingerprint density at radius 1 is 1.64 bits per heavy atom. The number of nitrogens with one attached hydrogen (secondary N) is 2. The summed E-state index contributed by atoms with van der Waals surface area (Å²) in [7, 11) is 0. The number of hydrogen-bond donors (Lipinski definition) is 4. The summed E-state index contributed by atoms with van der Waals surface area (Å²) in [6.07, 6.45) is 1.43. The van der Waals surface area contributed by atoms with Crippen LogP contribution in [-0.4, -0.2) is 17.9 Å². The van der Waals surface area contributed by atoms with Crippen LogP contribution in [0.3, 0.4) is 0 Å². The van der Waals surface area contributed by atoms with Crippen molar-refractivity contribution in [3.05, 3.63) is 0 Å². The lowest BCUT2D eigenvalue weighted by molar-refractivity contribution is -0.119. The molecule has 0 bridgehead atoms. The molecule has 0 spiro atoms. The zero-order chi connectivity index (χ0) is 8.85. The lowest BCUT2D eigenvalue weighted by Crippen LogP contribution is -2.46. The van der Waals surface area contributed by atoms with Gasteiger partial charge >= 0.3 is 0 Å². The Kier molecular flexibility index (Phi) is 4.02. The minimum Gasteiger partial charge on any atom is -0.370 e. The van der Waals surface area contributed by atoms with Gasteiger partial charge < -0.3 is 16.8 Å². The molecule has 1 amide bonds. The van der Waals surface area contributed by atoms with Crippen LogP contribution in [0.2, 0.25) is 0 Å². The molecule has 11 heavy (non-hydrogen) atoms. The van der Waals surface area contributed by atoms with Gasteiger partial charge in [-0.25, -0.2) is 0 Å². The summed E-state index contributed by atoms with van der Waals surface area (Å²) in [4.78, 5) is 10.6. The molecule has 1 atom stereocenters. The van der Waals surface area contributed by atoms with Crippen LogP contribution in [0.5, 0.6) is 0 Å². The van der Waals surface area contributed by atoms with E-state index in [4.69, 9.17) is 16.9 Å². The van der Waals surface area contributed by atoms with Crippen molar-refractivity contribution in [1.82, 2.24) is 5.32 Å². The predicted molar refractivity (Wildman–Crippen MR) is 42.9 cm³/mol. The van der Waals surface area contributed by atoms with E-state index < -0.39 is 11.9 Å². The van der Waals surface area contributed by atoms with Crippen LogP contribution in [0.4, 0.5) is 0 Å². The third-order valence-corrected chi connectivity index (χ3v) is 1.25. The van der Waals surface area contributed by atoms with Crippen LogP contribution in [0.25, 0.3) is 0 Å². The van der Waals surface area contributed by atoms with Crippen molar-refractivity contribution in [2.24, 2.45) is 11.5 Å². The molecular formula is C6H14N4O. The largest absolute Gasteiger partial charge is 0.370 e. The smallest absolute Gasteiger partial charge is 0.240 e. The monoisotopic (exact) mass is 158 g/mol. The van der Waals surface area contributed by atoms with Crippen molar-refractivity contribution in [2.75, 3.05) is 0 Å². The average molecular weight is 158 g/mol. The minimum absolute atomic E-state index is 0.220. The first-order valence-electron chi connectivity index (χ1n) is 3.47. The van der Waals surface area contributed by atoms with Crippen molar-refractivity contribution >= 4 is 11.9 Å². The standard InChI is InChI=1S/C6H14N4O/c1-2-3-4(5(7)11)10-6(8)9/h4H,2-3H2,1H3,(H2,7,11)(H4,8,9,10)/t4-/m0/s1. The van der Waals surface area contributed by atoms with Crippen LogP contribution in [0.15, 0.2) is 0 Å². The van der Waals surface area contributed by atoms with E-state index in [1.54, 1.807) is 0 Å². The van der Waals surface area contributed by atoms with Crippen molar-refractivity contribution in [1.29, 1.82) is 5.41 Å². The number of carbonyl (C=O) groups is 1. The zero-order valence-corrected chi connectivity index (χ0v) is 6.55. The van der Waals surface area contributed by atoms with Gasteiger partial charge in [0.1, 0.15) is 6.04 Å². The Bertz CT molecular complexity index is 157. The molecule has 0 saturated carbocycles. The Morgan fingerprint density at radius 2 is 2.18 bits per heavy atom. The summed E-state index contributed by atoms with van der Waals surface area (Å²) < 4.78 is 0. The SMILES string of the molecule is CCC[C@H](NC(=N)N)C(N)=O. The fraction of sp³-hybridized carbons (Fsp3) is 0.667. The van der Waals surface area contributed by atoms with E-state index in [9.17, 15) is 4.79 Å². The second kappa shape index (κ2) is 4.54. The van der Waals surface area contributed by atoms with Crippen LogP contribution < -0.4 is 16.8 Å². The van der Waals surface area contributed by atoms with Crippen LogP contribution >= 0.6 is 0 Å². The van der Waals surface area contributed by atoms with E-state index in [1.165, 1.54) is 0 Å². The van der Waals surface area contributed by atoms with Crippen molar-refractivity contribution in [3.63, 3.8) is 0 Å². The molecule has 0 aliphatic rings. The predicted octanol–water partition coefficient (Wildman–Crippen LogP) is -0.877. The highest BCUT2D eigenvalue weighted by Gasteiger charge is 2.13. The molecule has 0 aliphatic carbocycles. The molecule has 0 fully saturated rings. The van der Waals surface area contributed by atoms with Gasteiger partial charge in [-0.2, -0.15) is 0 Å². The zero-order valence-electron chi connectivity index (χ0n) is 6.55. The Balaban J connectivity index is 3.89. The first-order valence-corrected chi connectivity index (χ1v) is 3.47. The van der Waals surface area contributed by atoms with Gasteiger partial charge in [-0.3, -0.25) is 10.2 Å². The molecule has 6 N–H and O–H groups in total. The summed E-state index contributed by atoms with van der Waals surface area (Å²) in [5.41, 5.74) is 10.0. The van der Waals surface area contributed by atoms with E-state index in [0.717, 1.165) is 6.42 Å². The van der Waals surface area contributed by atoms with E-state index in [0.29, 0.717) is 6.42 Å². The first-order chi connectivity index (χ1) is 5.07. The van der Waals surface area contributed by atoms with E-state index in [-0.39, 0.29) is 5.96 Å². The molecule has 0 radical (unpaired) electrons. The minimum atomic E-state index is -0.502. The first kappa shape index (κ1) is 9.74. The molecule has 64 valence electrons. The van der Waals surface area contributed by atoms with E-state index in [1.807, 2.05) is 6.92 Å². The summed E-state index contributed by atoms with van der Waals surface area (Å²) in [6.45, 7) is 1.93. The molecule has 0 unspecified atom stereocenters. The highest BCUT2D eigenvalue weighted by molar-refractivity contribution is 5.85. The third kappa shape index (κ3) is 4.19. The van der Waals surface area contributed by atoms with Gasteiger partial charge in [-0.15, -0.1) is 0 Å². The van der Waals surface area contributed by atoms with Gasteiger partial charge in [0.2, 0.25) is 5.91 Å². The maximum Gasteiger partial charge on any atom is 0.240 e. The normalized spacial score (nSPS) is 12.1. The van der Waals surface area contributed by atoms with Gasteiger partial charge in [0.25, 0.3) is 0 Å². The fourth-order valence-electron chi connectivity index (χ4n) is 0.762. The summed E-state index contributed by atoms with van der Waals surface area (Å²) in [6, 6.07) is -0.502. The van der Waals surface area contributed by atoms with Gasteiger partial charge in [-0.05, 0) is 6.42 Å². The van der Waals surface area contributed by atoms with Gasteiger partial charge in [0.15, 0.2) is 5.96 Å². The van der Waals surface area contributed by atoms with Crippen LogP contribution in [0.1, 0.15) is 19.8 Å². The van der Waals surface area contributed by atoms with Crippen LogP contribution in [0, 0.1) is 5.41 Å². The molecule has 5 heteroatoms. The number of amides is 1. The molecule has 0 rings (SSSR count). The van der Waals surface area contributed by atoms with Crippen LogP contribution in [-0.2, 0) is 4.79 Å². The number of primary amides is 1. The van der Waals surface area contributed by atoms with Gasteiger partial charge in [0.05, 0.1) is 0 Å². The molecule has 0 aromatic rings. The van der Waals surface area contributed by atoms with Crippen molar-refractivity contribution < 1.29 is 4.79 Å². The van der Waals surface area contributed by atoms with Gasteiger partial charge in [0, 0.05) is 0 Å². The number of nitrogens with two attached hydrogens (primary N) is 2. The lowest BCUT2D eigenvalue weighted by Gasteiger charge is -2.13. The number of hydrogen-bond acceptors (Lipinski definition) is 2. The van der Waals surface area contributed by atoms with Crippen molar-refractivity contribution in [2.45, 2.75) is 25.8 Å². The molecule has 5 nitrogen and oxygen atoms in total. The second-order valence-corrected chi connectivity index (χ2v) is 2.30. The Morgan fingerprint density at radius 3 is 2.45 bits per heavy atom. The topological polar surface area (TPSA) is 105 Å². The van der Waals surface area contributed by atoms with E-state index >= 15 is 0 Å². The third-order valence-electron chi connectivity index (χ3n) is 1.25. The summed E-state index contributed by atoms with van der Waals surface area (Å²) >= 11 is 0. The number of rotatable bonds is 4. The lowest BCUT2D eigenvalue weighted by atomic mass is 10.1. The molecule has 0 aromatic carbocycles. The molecule has 0 aliphatic heterocycles. The maximum absolute atomic E-state index is 10.6. The molecule has 0 saturated heterocycles. The molecular weight excluding hydrogens is 144 g/mol. The van der Waals surface area contributed by atoms with Gasteiger partial charge in [-0.1, -0.05) is 13.3 Å².